The molecule has 0 atom stereocenters. The van der Waals surface area contributed by atoms with E-state index in [1.165, 1.54) is 6.07 Å². The predicted octanol–water partition coefficient (Wildman–Crippen LogP) is 0.621. The van der Waals surface area contributed by atoms with Gasteiger partial charge in [-0.05, 0) is 22.0 Å². The van der Waals surface area contributed by atoms with Gasteiger partial charge in [0.1, 0.15) is 6.61 Å². The highest BCUT2D eigenvalue weighted by Gasteiger charge is 2.16. The fourth-order valence-electron chi connectivity index (χ4n) is 0.687. The van der Waals surface area contributed by atoms with Gasteiger partial charge in [-0.25, -0.2) is 0 Å². The van der Waals surface area contributed by atoms with Crippen molar-refractivity contribution in [2.45, 2.75) is 6.61 Å². The number of halogens is 1. The molecule has 0 spiro atoms. The summed E-state index contributed by atoms with van der Waals surface area (Å²) >= 11 is 0. The van der Waals surface area contributed by atoms with Crippen molar-refractivity contribution in [1.82, 2.24) is 4.98 Å². The highest BCUT2D eigenvalue weighted by Crippen LogP contribution is 2.13. The molecule has 1 N–H and O–H groups in total. The maximum atomic E-state index is 12.6. The summed E-state index contributed by atoms with van der Waals surface area (Å²) in [7, 11) is 0. The summed E-state index contributed by atoms with van der Waals surface area (Å²) in [6.07, 6.45) is 0. The Morgan fingerprint density at radius 3 is 2.83 bits per heavy atom. The van der Waals surface area contributed by atoms with Crippen molar-refractivity contribution in [1.29, 1.82) is 0 Å². The third-order valence-electron chi connectivity index (χ3n) is 1.22. The smallest absolute Gasteiger partial charge is 0.388 e. The zero-order valence-electron chi connectivity index (χ0n) is 5.90. The molecule has 1 aromatic rings. The molecule has 0 saturated heterocycles. The van der Waals surface area contributed by atoms with Gasteiger partial charge in [-0.3, -0.25) is 0 Å². The lowest BCUT2D eigenvalue weighted by Crippen LogP contribution is -1.99. The van der Waals surface area contributed by atoms with E-state index in [-0.39, 0.29) is 5.69 Å². The molecule has 0 saturated carbocycles. The van der Waals surface area contributed by atoms with Crippen LogP contribution in [0.3, 0.4) is 0 Å². The van der Waals surface area contributed by atoms with Crippen molar-refractivity contribution in [2.75, 3.05) is 0 Å². The van der Waals surface area contributed by atoms with Crippen LogP contribution in [-0.2, 0) is 6.61 Å². The van der Waals surface area contributed by atoms with Crippen molar-refractivity contribution in [3.8, 4) is 0 Å². The zero-order chi connectivity index (χ0) is 9.14. The van der Waals surface area contributed by atoms with Crippen molar-refractivity contribution in [3.05, 3.63) is 33.8 Å². The van der Waals surface area contributed by atoms with E-state index in [1.807, 2.05) is 0 Å². The van der Waals surface area contributed by atoms with E-state index < -0.39 is 23.2 Å². The average Bonchev–Trinajstić information content (AvgIpc) is 2.05. The zero-order valence-corrected chi connectivity index (χ0v) is 5.90. The molecule has 0 bridgehead atoms. The summed E-state index contributed by atoms with van der Waals surface area (Å²) in [5.74, 6) is -1.86. The topological polar surface area (TPSA) is 76.3 Å². The molecule has 0 unspecified atom stereocenters. The monoisotopic (exact) mass is 172 g/mol. The number of hydrogen-bond acceptors (Lipinski definition) is 4. The molecule has 1 heterocycles. The molecular formula is C6H5FN2O3. The molecule has 5 nitrogen and oxygen atoms in total. The number of nitrogens with zero attached hydrogens (tertiary/aromatic N) is 2. The van der Waals surface area contributed by atoms with E-state index in [0.717, 1.165) is 6.07 Å². The fourth-order valence-corrected chi connectivity index (χ4v) is 0.687. The van der Waals surface area contributed by atoms with E-state index >= 15 is 0 Å². The minimum absolute atomic E-state index is 0.0723. The second-order valence-electron chi connectivity index (χ2n) is 2.02. The summed E-state index contributed by atoms with van der Waals surface area (Å²) in [4.78, 5) is 12.4. The molecule has 0 fully saturated rings. The molecule has 6 heteroatoms. The Balaban J connectivity index is 3.17. The minimum atomic E-state index is -1.00. The summed E-state index contributed by atoms with van der Waals surface area (Å²) in [6, 6.07) is 2.08. The van der Waals surface area contributed by atoms with Crippen LogP contribution in [0.15, 0.2) is 12.1 Å². The second-order valence-corrected chi connectivity index (χ2v) is 2.02. The first-order valence-corrected chi connectivity index (χ1v) is 3.06. The Kier molecular flexibility index (Phi) is 2.29. The van der Waals surface area contributed by atoms with Crippen LogP contribution in [0, 0.1) is 15.9 Å². The molecule has 0 amide bonds. The van der Waals surface area contributed by atoms with Crippen LogP contribution in [0.5, 0.6) is 0 Å². The van der Waals surface area contributed by atoms with Crippen LogP contribution in [0.25, 0.3) is 0 Å². The first kappa shape index (κ1) is 8.54. The molecule has 1 aromatic heterocycles. The SMILES string of the molecule is O=[N+]([O-])c1nc(CO)ccc1F. The number of aliphatic hydroxyl groups is 1. The standard InChI is InChI=1S/C6H5FN2O3/c7-5-2-1-4(3-10)8-6(5)9(11)12/h1-2,10H,3H2. The molecular weight excluding hydrogens is 167 g/mol. The van der Waals surface area contributed by atoms with E-state index in [0.29, 0.717) is 0 Å². The van der Waals surface area contributed by atoms with Gasteiger partial charge in [0.25, 0.3) is 0 Å². The van der Waals surface area contributed by atoms with Gasteiger partial charge in [0.2, 0.25) is 5.82 Å². The molecule has 0 aromatic carbocycles. The second kappa shape index (κ2) is 3.22. The van der Waals surface area contributed by atoms with Gasteiger partial charge >= 0.3 is 5.82 Å². The van der Waals surface area contributed by atoms with Gasteiger partial charge in [0.05, 0.1) is 0 Å². The highest BCUT2D eigenvalue weighted by atomic mass is 19.1. The van der Waals surface area contributed by atoms with E-state index in [9.17, 15) is 14.5 Å². The van der Waals surface area contributed by atoms with Gasteiger partial charge < -0.3 is 15.2 Å². The first-order valence-electron chi connectivity index (χ1n) is 3.06. The first-order chi connectivity index (χ1) is 5.65. The summed E-state index contributed by atoms with van der Waals surface area (Å²) < 4.78 is 12.6. The van der Waals surface area contributed by atoms with Gasteiger partial charge in [-0.15, -0.1) is 0 Å². The van der Waals surface area contributed by atoms with Gasteiger partial charge in [-0.1, -0.05) is 0 Å². The number of aromatic nitrogens is 1. The largest absolute Gasteiger partial charge is 0.400 e. The van der Waals surface area contributed by atoms with Crippen molar-refractivity contribution in [3.63, 3.8) is 0 Å². The van der Waals surface area contributed by atoms with Crippen LogP contribution in [0.2, 0.25) is 0 Å². The number of nitro groups is 1. The molecule has 0 radical (unpaired) electrons. The Bertz CT molecular complexity index is 316. The lowest BCUT2D eigenvalue weighted by atomic mass is 10.3. The Morgan fingerprint density at radius 1 is 1.67 bits per heavy atom. The van der Waals surface area contributed by atoms with E-state index in [1.54, 1.807) is 0 Å². The molecule has 12 heavy (non-hydrogen) atoms. The summed E-state index contributed by atoms with van der Waals surface area (Å²) in [5.41, 5.74) is 0.0723. The van der Waals surface area contributed by atoms with Crippen LogP contribution in [0.4, 0.5) is 10.2 Å². The quantitative estimate of drug-likeness (QED) is 0.524. The minimum Gasteiger partial charge on any atom is -0.388 e. The maximum Gasteiger partial charge on any atom is 0.400 e. The third kappa shape index (κ3) is 1.54. The maximum absolute atomic E-state index is 12.6. The van der Waals surface area contributed by atoms with Crippen LogP contribution >= 0.6 is 0 Å². The lowest BCUT2D eigenvalue weighted by Gasteiger charge is -1.94. The molecule has 0 aliphatic carbocycles. The molecule has 0 aliphatic heterocycles. The number of aliphatic hydroxyl groups excluding tert-OH is 1. The average molecular weight is 172 g/mol. The number of hydrogen-bond donors (Lipinski definition) is 1. The van der Waals surface area contributed by atoms with Crippen molar-refractivity contribution < 1.29 is 14.4 Å². The molecule has 0 aliphatic rings. The predicted molar refractivity (Wildman–Crippen MR) is 36.8 cm³/mol. The Morgan fingerprint density at radius 2 is 2.33 bits per heavy atom. The lowest BCUT2D eigenvalue weighted by molar-refractivity contribution is -0.392. The van der Waals surface area contributed by atoms with Gasteiger partial charge in [-0.2, -0.15) is 4.39 Å². The Labute approximate surface area is 66.6 Å². The fraction of sp³-hybridized carbons (Fsp3) is 0.167. The summed E-state index contributed by atoms with van der Waals surface area (Å²) in [6.45, 7) is -0.443. The third-order valence-corrected chi connectivity index (χ3v) is 1.22. The summed E-state index contributed by atoms with van der Waals surface area (Å²) in [5, 5.41) is 18.6. The normalized spacial score (nSPS) is 9.83. The van der Waals surface area contributed by atoms with Gasteiger partial charge in [0, 0.05) is 0 Å². The van der Waals surface area contributed by atoms with Crippen LogP contribution < -0.4 is 0 Å². The van der Waals surface area contributed by atoms with E-state index in [2.05, 4.69) is 4.98 Å². The van der Waals surface area contributed by atoms with Crippen molar-refractivity contribution in [2.24, 2.45) is 0 Å². The van der Waals surface area contributed by atoms with Crippen LogP contribution in [0.1, 0.15) is 5.69 Å². The number of pyridine rings is 1. The molecule has 64 valence electrons. The van der Waals surface area contributed by atoms with E-state index in [4.69, 9.17) is 5.11 Å². The highest BCUT2D eigenvalue weighted by molar-refractivity contribution is 5.23. The van der Waals surface area contributed by atoms with Crippen molar-refractivity contribution >= 4 is 5.82 Å². The van der Waals surface area contributed by atoms with Crippen LogP contribution in [-0.4, -0.2) is 15.0 Å². The molecule has 1 rings (SSSR count). The number of rotatable bonds is 2. The Hall–Kier alpha value is -1.56. The van der Waals surface area contributed by atoms with Gasteiger partial charge in [0.15, 0.2) is 5.69 Å².